The third-order valence-electron chi connectivity index (χ3n) is 18.7. The molecule has 12 amide bonds. The van der Waals surface area contributed by atoms with Gasteiger partial charge < -0.3 is 105 Å². The van der Waals surface area contributed by atoms with Crippen LogP contribution in [0, 0.1) is 5.92 Å². The van der Waals surface area contributed by atoms with Gasteiger partial charge in [-0.15, -0.1) is 5.10 Å². The minimum absolute atomic E-state index is 0.00617. The first kappa shape index (κ1) is 83.8. The van der Waals surface area contributed by atoms with Crippen LogP contribution in [0.1, 0.15) is 93.2 Å². The highest BCUT2D eigenvalue weighted by Gasteiger charge is 2.45. The SMILES string of the molecule is CC(C)C[C@@H]1NC(=O)[C@H](CCCN)NC(=O)[C@H](Cc2cn(CCO[C@H]3O[C@H](CO)[C@@H](O)[C@H](O)[C@@H]3O)nn2)NC(=O)[C@H](Cc2ccc(O)cc2)NC(=O)[C@H](CCC(N)=O)NC(=O)[C@H](CC(N)=O)NC(=O)[C@@H](Cc2ccccc2)NC(=O)[C@H](Cc2ccccc2)NC(=O)[C@@H]2CCCN2C(=O)[C@@H](Cc2ccccc2)NC1=O. The Labute approximate surface area is 628 Å². The molecule has 109 heavy (non-hydrogen) atoms. The maximum absolute atomic E-state index is 15.3. The molecule has 3 aliphatic rings. The van der Waals surface area contributed by atoms with Gasteiger partial charge in [0.15, 0.2) is 6.29 Å². The van der Waals surface area contributed by atoms with Crippen molar-refractivity contribution in [3.05, 3.63) is 149 Å². The molecule has 20 N–H and O–H groups in total. The van der Waals surface area contributed by atoms with E-state index in [1.165, 1.54) is 40.0 Å². The molecule has 0 unspecified atom stereocenters. The van der Waals surface area contributed by atoms with Crippen LogP contribution in [0.25, 0.3) is 0 Å². The van der Waals surface area contributed by atoms with E-state index in [9.17, 15) is 59.1 Å². The molecule has 0 radical (unpaired) electrons. The number of nitrogens with zero attached hydrogens (tertiary/aromatic N) is 4. The van der Waals surface area contributed by atoms with Gasteiger partial charge in [0, 0.05) is 51.3 Å². The summed E-state index contributed by atoms with van der Waals surface area (Å²) in [4.78, 5) is 177. The first-order valence-corrected chi connectivity index (χ1v) is 36.2. The van der Waals surface area contributed by atoms with Gasteiger partial charge in [-0.3, -0.25) is 57.5 Å². The summed E-state index contributed by atoms with van der Waals surface area (Å²) >= 11 is 0. The number of aliphatic hydroxyl groups excluding tert-OH is 4. The van der Waals surface area contributed by atoms with E-state index >= 15 is 24.0 Å². The van der Waals surface area contributed by atoms with Crippen molar-refractivity contribution in [1.29, 1.82) is 0 Å². The Morgan fingerprint density at radius 3 is 1.49 bits per heavy atom. The van der Waals surface area contributed by atoms with Crippen molar-refractivity contribution in [3.8, 4) is 5.75 Å². The number of aromatic nitrogens is 3. The number of primary amides is 2. The van der Waals surface area contributed by atoms with Gasteiger partial charge in [0.05, 0.1) is 31.9 Å². The predicted molar refractivity (Wildman–Crippen MR) is 388 cm³/mol. The largest absolute Gasteiger partial charge is 0.508 e. The van der Waals surface area contributed by atoms with E-state index < -0.39 is 201 Å². The number of phenolic OH excluding ortho intramolecular Hbond substituents is 1. The van der Waals surface area contributed by atoms with Crippen LogP contribution in [0.4, 0.5) is 0 Å². The highest BCUT2D eigenvalue weighted by atomic mass is 16.7. The Hall–Kier alpha value is -10.8. The second-order valence-electron chi connectivity index (χ2n) is 27.7. The zero-order valence-corrected chi connectivity index (χ0v) is 60.5. The van der Waals surface area contributed by atoms with Crippen molar-refractivity contribution in [2.75, 3.05) is 26.3 Å². The number of nitrogens with one attached hydrogen (secondary N) is 9. The smallest absolute Gasteiger partial charge is 0.246 e. The highest BCUT2D eigenvalue weighted by molar-refractivity contribution is 6.01. The number of ether oxygens (including phenoxy) is 2. The summed E-state index contributed by atoms with van der Waals surface area (Å²) in [6.45, 7) is 2.44. The van der Waals surface area contributed by atoms with Crippen molar-refractivity contribution in [2.24, 2.45) is 23.1 Å². The molecule has 8 rings (SSSR count). The molecule has 5 aromatic rings. The summed E-state index contributed by atoms with van der Waals surface area (Å²) in [7, 11) is 0. The molecule has 0 bridgehead atoms. The summed E-state index contributed by atoms with van der Waals surface area (Å²) in [6, 6.07) is 15.1. The van der Waals surface area contributed by atoms with Gasteiger partial charge in [-0.2, -0.15) is 0 Å². The summed E-state index contributed by atoms with van der Waals surface area (Å²) in [5, 5.41) is 83.6. The van der Waals surface area contributed by atoms with E-state index in [-0.39, 0.29) is 88.5 Å². The number of aliphatic hydroxyl groups is 4. The maximum atomic E-state index is 15.3. The number of hydrogen-bond donors (Lipinski definition) is 17. The van der Waals surface area contributed by atoms with Crippen LogP contribution in [0.15, 0.2) is 121 Å². The average molecular weight is 1520 g/mol. The molecule has 588 valence electrons. The van der Waals surface area contributed by atoms with Crippen LogP contribution in [0.3, 0.4) is 0 Å². The molecule has 35 nitrogen and oxygen atoms in total. The van der Waals surface area contributed by atoms with E-state index in [0.717, 1.165) is 0 Å². The fourth-order valence-electron chi connectivity index (χ4n) is 12.9. The molecule has 3 fully saturated rings. The zero-order valence-electron chi connectivity index (χ0n) is 60.5. The molecule has 15 atom stereocenters. The standard InChI is InChI=1S/C74H98N16O19/c1-41(2)32-50-66(100)86-56(36-44-18-10-5-11-19-44)73(107)90-29-13-21-57(90)72(106)85-53(34-43-16-8-4-9-17-43)69(103)82-51(33-42-14-6-3-7-15-42)68(102)84-55(38-60(77)94)71(105)79-49(26-27-59(76)93)65(99)81-52(35-45-22-24-47(92)25-23-45)67(101)83-54(70(104)78-48(20-12-28-75)64(98)80-50)37-46-39-89(88-87-46)30-31-108-74-63(97)62(96)61(95)58(40-91)109-74/h3-11,14-19,22-25,39,41,48-58,61-63,74,91-92,95-97H,12-13,20-21,26-38,40,75H2,1-2H3,(H2,76,93)(H2,77,94)(H,78,104)(H,79,105)(H,80,98)(H,81,99)(H,82,103)(H,83,101)(H,84,102)(H,85,106)(H,86,100)/t48-,49-,50-,51+,52-,53-,54-,55-,56+,57-,58+,61+,62-,63-,74-/m0/s1. The van der Waals surface area contributed by atoms with E-state index in [0.29, 0.717) is 28.7 Å². The molecule has 3 aliphatic heterocycles. The first-order chi connectivity index (χ1) is 52.2. The normalized spacial score (nSPS) is 26.3. The third-order valence-corrected chi connectivity index (χ3v) is 18.7. The number of aromatic hydroxyl groups is 1. The quantitative estimate of drug-likeness (QED) is 0.0262. The van der Waals surface area contributed by atoms with Crippen molar-refractivity contribution in [2.45, 2.75) is 195 Å². The molecular weight excluding hydrogens is 1420 g/mol. The van der Waals surface area contributed by atoms with E-state index in [4.69, 9.17) is 26.7 Å². The number of phenols is 1. The summed E-state index contributed by atoms with van der Waals surface area (Å²) < 4.78 is 12.3. The van der Waals surface area contributed by atoms with Crippen molar-refractivity contribution in [1.82, 2.24) is 67.7 Å². The lowest BCUT2D eigenvalue weighted by Gasteiger charge is -2.39. The summed E-state index contributed by atoms with van der Waals surface area (Å²) in [5.74, 6) is -12.3. The van der Waals surface area contributed by atoms with Gasteiger partial charge in [-0.1, -0.05) is 122 Å². The lowest BCUT2D eigenvalue weighted by Crippen LogP contribution is -2.62. The van der Waals surface area contributed by atoms with E-state index in [1.54, 1.807) is 105 Å². The molecule has 0 saturated carbocycles. The van der Waals surface area contributed by atoms with Gasteiger partial charge in [0.2, 0.25) is 70.9 Å². The third kappa shape index (κ3) is 25.1. The lowest BCUT2D eigenvalue weighted by atomic mass is 9.99. The second-order valence-corrected chi connectivity index (χ2v) is 27.7. The Bertz CT molecular complexity index is 3910. The molecule has 1 aromatic heterocycles. The fourth-order valence-corrected chi connectivity index (χ4v) is 12.9. The predicted octanol–water partition coefficient (Wildman–Crippen LogP) is -4.39. The molecule has 35 heteroatoms. The Balaban J connectivity index is 1.20. The van der Waals surface area contributed by atoms with Crippen LogP contribution < -0.4 is 65.1 Å². The van der Waals surface area contributed by atoms with E-state index in [1.807, 2.05) is 0 Å². The van der Waals surface area contributed by atoms with Crippen molar-refractivity contribution < 1.29 is 92.5 Å². The van der Waals surface area contributed by atoms with E-state index in [2.05, 4.69) is 58.2 Å². The molecule has 0 spiro atoms. The van der Waals surface area contributed by atoms with Gasteiger partial charge in [-0.25, -0.2) is 4.68 Å². The number of carbonyl (C=O) groups excluding carboxylic acids is 12. The van der Waals surface area contributed by atoms with Gasteiger partial charge in [0.1, 0.15) is 90.6 Å². The number of benzene rings is 4. The minimum atomic E-state index is -1.93. The van der Waals surface area contributed by atoms with Gasteiger partial charge in [-0.05, 0) is 85.4 Å². The Kier molecular flexibility index (Phi) is 31.5. The van der Waals surface area contributed by atoms with Crippen LogP contribution in [0.5, 0.6) is 5.75 Å². The minimum Gasteiger partial charge on any atom is -0.508 e. The average Bonchev–Trinajstić information content (AvgIpc) is 1.79. The molecule has 4 heterocycles. The topological polar surface area (TPSA) is 545 Å². The van der Waals surface area contributed by atoms with Crippen LogP contribution in [0.2, 0.25) is 0 Å². The van der Waals surface area contributed by atoms with Crippen molar-refractivity contribution in [3.63, 3.8) is 0 Å². The fraction of sp³-hybridized carbons (Fsp3) is 0.486. The second kappa shape index (κ2) is 40.9. The van der Waals surface area contributed by atoms with Crippen LogP contribution in [-0.2, 0) is 106 Å². The number of nitrogens with two attached hydrogens (primary N) is 3. The van der Waals surface area contributed by atoms with Gasteiger partial charge in [0.25, 0.3) is 0 Å². The molecule has 4 aromatic carbocycles. The Morgan fingerprint density at radius 1 is 0.541 bits per heavy atom. The van der Waals surface area contributed by atoms with Gasteiger partial charge >= 0.3 is 0 Å². The molecule has 3 saturated heterocycles. The van der Waals surface area contributed by atoms with Crippen LogP contribution >= 0.6 is 0 Å². The molecule has 0 aliphatic carbocycles. The number of rotatable bonds is 25. The number of fused-ring (bicyclic) bond motifs is 1. The molecular formula is C74H98N16O19. The summed E-state index contributed by atoms with van der Waals surface area (Å²) in [5.41, 5.74) is 19.3. The Morgan fingerprint density at radius 2 is 0.982 bits per heavy atom. The highest BCUT2D eigenvalue weighted by Crippen LogP contribution is 2.24. The monoisotopic (exact) mass is 1510 g/mol. The number of carbonyl (C=O) groups is 12. The number of amides is 12. The first-order valence-electron chi connectivity index (χ1n) is 36.2. The maximum Gasteiger partial charge on any atom is 0.246 e. The summed E-state index contributed by atoms with van der Waals surface area (Å²) in [6.07, 6.45) is -9.79. The lowest BCUT2D eigenvalue weighted by molar-refractivity contribution is -0.301. The number of hydrogen-bond acceptors (Lipinski definition) is 22. The zero-order chi connectivity index (χ0) is 78.8. The van der Waals surface area contributed by atoms with Crippen LogP contribution in [-0.4, -0.2) is 234 Å². The van der Waals surface area contributed by atoms with Crippen molar-refractivity contribution >= 4 is 70.9 Å².